The highest BCUT2D eigenvalue weighted by molar-refractivity contribution is 5.71. The molecule has 0 fully saturated rings. The summed E-state index contributed by atoms with van der Waals surface area (Å²) in [5, 5.41) is 0. The van der Waals surface area contributed by atoms with Gasteiger partial charge in [-0.15, -0.1) is 0 Å². The Hall–Kier alpha value is -1.59. The van der Waals surface area contributed by atoms with E-state index in [1.165, 1.54) is 77.0 Å². The highest BCUT2D eigenvalue weighted by Gasteiger charge is 2.19. The van der Waals surface area contributed by atoms with Crippen LogP contribution in [0.4, 0.5) is 0 Å². The Labute approximate surface area is 240 Å². The van der Waals surface area contributed by atoms with Gasteiger partial charge in [0.1, 0.15) is 13.2 Å². The third-order valence-corrected chi connectivity index (χ3v) is 7.11. The standard InChI is InChI=1S/C33H62O6/c1-4-7-10-11-12-13-14-15-16-17-18-19-20-21-24-27-33(36)39-30(28-37-31(34)25-22-8-5-2)29-38-32(35)26-23-9-6-3/h30H,4-29H2,1-3H3. The fraction of sp³-hybridized carbons (Fsp3) is 0.909. The minimum Gasteiger partial charge on any atom is -0.462 e. The molecule has 0 aromatic rings. The van der Waals surface area contributed by atoms with Gasteiger partial charge >= 0.3 is 17.9 Å². The molecule has 230 valence electrons. The molecule has 0 saturated heterocycles. The molecule has 0 rings (SSSR count). The Morgan fingerprint density at radius 1 is 0.410 bits per heavy atom. The molecule has 0 bridgehead atoms. The second-order valence-electron chi connectivity index (χ2n) is 11.1. The molecule has 39 heavy (non-hydrogen) atoms. The van der Waals surface area contributed by atoms with Gasteiger partial charge in [0, 0.05) is 19.3 Å². The lowest BCUT2D eigenvalue weighted by Crippen LogP contribution is -2.30. The molecule has 0 spiro atoms. The van der Waals surface area contributed by atoms with Crippen molar-refractivity contribution >= 4 is 17.9 Å². The van der Waals surface area contributed by atoms with E-state index in [-0.39, 0.29) is 31.1 Å². The van der Waals surface area contributed by atoms with Crippen molar-refractivity contribution in [1.29, 1.82) is 0 Å². The topological polar surface area (TPSA) is 78.9 Å². The van der Waals surface area contributed by atoms with E-state index in [1.54, 1.807) is 0 Å². The number of hydrogen-bond acceptors (Lipinski definition) is 6. The summed E-state index contributed by atoms with van der Waals surface area (Å²) >= 11 is 0. The zero-order valence-corrected chi connectivity index (χ0v) is 25.9. The van der Waals surface area contributed by atoms with Gasteiger partial charge in [-0.3, -0.25) is 14.4 Å². The van der Waals surface area contributed by atoms with Crippen molar-refractivity contribution in [3.63, 3.8) is 0 Å². The Bertz CT molecular complexity index is 551. The quantitative estimate of drug-likeness (QED) is 0.0520. The molecule has 0 N–H and O–H groups in total. The number of hydrogen-bond donors (Lipinski definition) is 0. The van der Waals surface area contributed by atoms with Crippen LogP contribution in [-0.4, -0.2) is 37.2 Å². The van der Waals surface area contributed by atoms with E-state index in [0.29, 0.717) is 19.3 Å². The van der Waals surface area contributed by atoms with E-state index < -0.39 is 6.10 Å². The largest absolute Gasteiger partial charge is 0.462 e. The van der Waals surface area contributed by atoms with Crippen LogP contribution < -0.4 is 0 Å². The predicted molar refractivity (Wildman–Crippen MR) is 160 cm³/mol. The van der Waals surface area contributed by atoms with Crippen LogP contribution in [-0.2, 0) is 28.6 Å². The van der Waals surface area contributed by atoms with Gasteiger partial charge in [0.25, 0.3) is 0 Å². The maximum absolute atomic E-state index is 12.4. The van der Waals surface area contributed by atoms with Gasteiger partial charge in [-0.2, -0.15) is 0 Å². The predicted octanol–water partition coefficient (Wildman–Crippen LogP) is 9.41. The summed E-state index contributed by atoms with van der Waals surface area (Å²) in [7, 11) is 0. The third kappa shape index (κ3) is 27.8. The van der Waals surface area contributed by atoms with Crippen molar-refractivity contribution in [2.75, 3.05) is 13.2 Å². The summed E-state index contributed by atoms with van der Waals surface area (Å²) in [4.78, 5) is 36.4. The number of esters is 3. The first-order valence-electron chi connectivity index (χ1n) is 16.5. The van der Waals surface area contributed by atoms with E-state index >= 15 is 0 Å². The van der Waals surface area contributed by atoms with Crippen LogP contribution in [0.5, 0.6) is 0 Å². The van der Waals surface area contributed by atoms with E-state index in [2.05, 4.69) is 20.8 Å². The molecule has 0 atom stereocenters. The molecule has 0 amide bonds. The molecular formula is C33H62O6. The van der Waals surface area contributed by atoms with Gasteiger partial charge in [-0.25, -0.2) is 0 Å². The lowest BCUT2D eigenvalue weighted by molar-refractivity contribution is -0.167. The lowest BCUT2D eigenvalue weighted by Gasteiger charge is -2.18. The average molecular weight is 555 g/mol. The summed E-state index contributed by atoms with van der Waals surface area (Å²) in [5.74, 6) is -0.930. The number of rotatable bonds is 29. The van der Waals surface area contributed by atoms with E-state index in [0.717, 1.165) is 57.8 Å². The Kier molecular flexibility index (Phi) is 28.2. The monoisotopic (exact) mass is 554 g/mol. The fourth-order valence-corrected chi connectivity index (χ4v) is 4.56. The van der Waals surface area contributed by atoms with E-state index in [4.69, 9.17) is 14.2 Å². The summed E-state index contributed by atoms with van der Waals surface area (Å²) < 4.78 is 16.1. The van der Waals surface area contributed by atoms with Gasteiger partial charge in [0.05, 0.1) is 0 Å². The highest BCUT2D eigenvalue weighted by Crippen LogP contribution is 2.14. The number of unbranched alkanes of at least 4 members (excludes halogenated alkanes) is 18. The molecule has 6 nitrogen and oxygen atoms in total. The molecule has 0 aromatic heterocycles. The van der Waals surface area contributed by atoms with E-state index in [9.17, 15) is 14.4 Å². The summed E-state index contributed by atoms with van der Waals surface area (Å²) in [6, 6.07) is 0. The zero-order chi connectivity index (χ0) is 28.8. The first-order valence-corrected chi connectivity index (χ1v) is 16.5. The van der Waals surface area contributed by atoms with Crippen LogP contribution in [0.2, 0.25) is 0 Å². The molecule has 0 aromatic carbocycles. The maximum atomic E-state index is 12.4. The smallest absolute Gasteiger partial charge is 0.306 e. The van der Waals surface area contributed by atoms with Crippen molar-refractivity contribution in [3.05, 3.63) is 0 Å². The van der Waals surface area contributed by atoms with Gasteiger partial charge in [0.15, 0.2) is 6.10 Å². The average Bonchev–Trinajstić information content (AvgIpc) is 2.92. The summed E-state index contributed by atoms with van der Waals surface area (Å²) in [5.41, 5.74) is 0. The Morgan fingerprint density at radius 3 is 1.08 bits per heavy atom. The van der Waals surface area contributed by atoms with Crippen molar-refractivity contribution in [1.82, 2.24) is 0 Å². The second kappa shape index (κ2) is 29.4. The normalized spacial score (nSPS) is 11.1. The van der Waals surface area contributed by atoms with Gasteiger partial charge in [-0.05, 0) is 19.3 Å². The zero-order valence-electron chi connectivity index (χ0n) is 25.9. The lowest BCUT2D eigenvalue weighted by atomic mass is 10.0. The summed E-state index contributed by atoms with van der Waals surface area (Å²) in [6.45, 7) is 6.28. The molecule has 0 radical (unpaired) electrons. The fourth-order valence-electron chi connectivity index (χ4n) is 4.56. The minimum atomic E-state index is -0.751. The molecular weight excluding hydrogens is 492 g/mol. The Morgan fingerprint density at radius 2 is 0.692 bits per heavy atom. The number of carbonyl (C=O) groups excluding carboxylic acids is 3. The van der Waals surface area contributed by atoms with Gasteiger partial charge in [-0.1, -0.05) is 136 Å². The van der Waals surface area contributed by atoms with Gasteiger partial charge < -0.3 is 14.2 Å². The maximum Gasteiger partial charge on any atom is 0.306 e. The molecule has 0 aliphatic carbocycles. The van der Waals surface area contributed by atoms with Crippen molar-refractivity contribution in [3.8, 4) is 0 Å². The number of carbonyl (C=O) groups is 3. The van der Waals surface area contributed by atoms with Gasteiger partial charge in [0.2, 0.25) is 0 Å². The molecule has 0 heterocycles. The summed E-state index contributed by atoms with van der Waals surface area (Å²) in [6.07, 6.45) is 25.0. The van der Waals surface area contributed by atoms with Crippen molar-refractivity contribution in [2.45, 2.75) is 181 Å². The van der Waals surface area contributed by atoms with E-state index in [1.807, 2.05) is 0 Å². The Balaban J connectivity index is 4.02. The van der Waals surface area contributed by atoms with Crippen LogP contribution in [0.15, 0.2) is 0 Å². The molecule has 0 unspecified atom stereocenters. The van der Waals surface area contributed by atoms with Crippen LogP contribution in [0.25, 0.3) is 0 Å². The molecule has 0 aliphatic heterocycles. The first kappa shape index (κ1) is 37.4. The second-order valence-corrected chi connectivity index (χ2v) is 11.1. The third-order valence-electron chi connectivity index (χ3n) is 7.11. The number of ether oxygens (including phenoxy) is 3. The van der Waals surface area contributed by atoms with Crippen LogP contribution in [0.3, 0.4) is 0 Å². The van der Waals surface area contributed by atoms with Crippen LogP contribution in [0.1, 0.15) is 175 Å². The SMILES string of the molecule is CCCCCCCCCCCCCCCCCC(=O)OC(COC(=O)CCCCC)COC(=O)CCCCC. The molecule has 6 heteroatoms. The van der Waals surface area contributed by atoms with Crippen LogP contribution in [0, 0.1) is 0 Å². The first-order chi connectivity index (χ1) is 19.0. The van der Waals surface area contributed by atoms with Crippen molar-refractivity contribution in [2.24, 2.45) is 0 Å². The molecule has 0 aliphatic rings. The molecule has 0 saturated carbocycles. The minimum absolute atomic E-state index is 0.0716. The van der Waals surface area contributed by atoms with Crippen molar-refractivity contribution < 1.29 is 28.6 Å². The highest BCUT2D eigenvalue weighted by atomic mass is 16.6. The van der Waals surface area contributed by atoms with Crippen LogP contribution >= 0.6 is 0 Å².